The molecule has 20 heavy (non-hydrogen) atoms. The van der Waals surface area contributed by atoms with Crippen molar-refractivity contribution in [2.45, 2.75) is 45.1 Å². The highest BCUT2D eigenvalue weighted by Gasteiger charge is 2.13. The molecule has 2 unspecified atom stereocenters. The normalized spacial score (nSPS) is 13.8. The highest BCUT2D eigenvalue weighted by atomic mass is 32.2. The molecule has 0 aliphatic heterocycles. The Balaban J connectivity index is 2.33. The Bertz CT molecular complexity index is 448. The lowest BCUT2D eigenvalue weighted by atomic mass is 10.1. The molecule has 0 spiro atoms. The Hall–Kier alpha value is -1.00. The quantitative estimate of drug-likeness (QED) is 0.760. The molecule has 0 heterocycles. The van der Waals surface area contributed by atoms with E-state index in [1.165, 1.54) is 16.0 Å². The van der Waals surface area contributed by atoms with Gasteiger partial charge in [-0.25, -0.2) is 0 Å². The number of benzene rings is 1. The standard InChI is InChI=1S/C16H25NO2S/c1-11-5-6-15(9-12(11)2)20-8-7-16(19)17-14(4)13(3)10-18/h5-6,9,13-14,18H,7-8,10H2,1-4H3,(H,17,19). The van der Waals surface area contributed by atoms with Crippen LogP contribution in [0.4, 0.5) is 0 Å². The second-order valence-electron chi connectivity index (χ2n) is 5.36. The molecule has 0 bridgehead atoms. The third-order valence-electron chi connectivity index (χ3n) is 3.61. The van der Waals surface area contributed by atoms with E-state index in [9.17, 15) is 4.79 Å². The van der Waals surface area contributed by atoms with Gasteiger partial charge in [-0.2, -0.15) is 0 Å². The lowest BCUT2D eigenvalue weighted by Crippen LogP contribution is -2.38. The predicted octanol–water partition coefficient (Wildman–Crippen LogP) is 2.92. The molecule has 1 aromatic carbocycles. The largest absolute Gasteiger partial charge is 0.396 e. The van der Waals surface area contributed by atoms with E-state index in [1.807, 2.05) is 13.8 Å². The minimum absolute atomic E-state index is 0.0131. The molecular weight excluding hydrogens is 270 g/mol. The van der Waals surface area contributed by atoms with Gasteiger partial charge in [0.2, 0.25) is 5.91 Å². The molecule has 0 radical (unpaired) electrons. The summed E-state index contributed by atoms with van der Waals surface area (Å²) in [5.74, 6) is 0.912. The van der Waals surface area contributed by atoms with Gasteiger partial charge in [-0.15, -0.1) is 11.8 Å². The van der Waals surface area contributed by atoms with E-state index in [4.69, 9.17) is 5.11 Å². The third kappa shape index (κ3) is 5.55. The van der Waals surface area contributed by atoms with Crippen LogP contribution in [0.1, 0.15) is 31.4 Å². The zero-order valence-corrected chi connectivity index (χ0v) is 13.6. The summed E-state index contributed by atoms with van der Waals surface area (Å²) in [6.45, 7) is 8.15. The van der Waals surface area contributed by atoms with Gasteiger partial charge in [0.1, 0.15) is 0 Å². The molecule has 1 aromatic rings. The number of amides is 1. The Morgan fingerprint density at radius 2 is 2.00 bits per heavy atom. The monoisotopic (exact) mass is 295 g/mol. The van der Waals surface area contributed by atoms with E-state index in [0.29, 0.717) is 6.42 Å². The average molecular weight is 295 g/mol. The van der Waals surface area contributed by atoms with Crippen LogP contribution in [0.25, 0.3) is 0 Å². The molecule has 0 saturated carbocycles. The lowest BCUT2D eigenvalue weighted by Gasteiger charge is -2.19. The first-order valence-corrected chi connectivity index (χ1v) is 8.03. The molecule has 112 valence electrons. The SMILES string of the molecule is Cc1ccc(SCCC(=O)NC(C)C(C)CO)cc1C. The molecule has 1 amide bonds. The molecule has 3 nitrogen and oxygen atoms in total. The highest BCUT2D eigenvalue weighted by Crippen LogP contribution is 2.21. The van der Waals surface area contributed by atoms with Crippen LogP contribution in [-0.2, 0) is 4.79 Å². The Labute approximate surface area is 126 Å². The van der Waals surface area contributed by atoms with Crippen LogP contribution in [0.5, 0.6) is 0 Å². The van der Waals surface area contributed by atoms with Crippen LogP contribution in [0.2, 0.25) is 0 Å². The van der Waals surface area contributed by atoms with E-state index in [0.717, 1.165) is 5.75 Å². The van der Waals surface area contributed by atoms with Gasteiger partial charge in [-0.05, 0) is 49.9 Å². The van der Waals surface area contributed by atoms with Gasteiger partial charge in [-0.1, -0.05) is 13.0 Å². The maximum Gasteiger partial charge on any atom is 0.221 e. The van der Waals surface area contributed by atoms with Crippen molar-refractivity contribution in [3.8, 4) is 0 Å². The van der Waals surface area contributed by atoms with Crippen LogP contribution in [0, 0.1) is 19.8 Å². The molecule has 2 N–H and O–H groups in total. The van der Waals surface area contributed by atoms with Crippen LogP contribution in [0.15, 0.2) is 23.1 Å². The number of aliphatic hydroxyl groups excluding tert-OH is 1. The van der Waals surface area contributed by atoms with Crippen molar-refractivity contribution in [1.29, 1.82) is 0 Å². The average Bonchev–Trinajstić information content (AvgIpc) is 2.41. The number of rotatable bonds is 7. The number of aliphatic hydroxyl groups is 1. The van der Waals surface area contributed by atoms with Crippen molar-refractivity contribution in [2.75, 3.05) is 12.4 Å². The first-order valence-electron chi connectivity index (χ1n) is 7.04. The molecule has 2 atom stereocenters. The second kappa shape index (κ2) is 8.32. The fourth-order valence-electron chi connectivity index (χ4n) is 1.69. The summed E-state index contributed by atoms with van der Waals surface area (Å²) in [7, 11) is 0. The van der Waals surface area contributed by atoms with Gasteiger partial charge in [0.15, 0.2) is 0 Å². The Morgan fingerprint density at radius 1 is 1.30 bits per heavy atom. The number of hydrogen-bond donors (Lipinski definition) is 2. The topological polar surface area (TPSA) is 49.3 Å². The molecule has 0 aliphatic rings. The predicted molar refractivity (Wildman–Crippen MR) is 85.1 cm³/mol. The van der Waals surface area contributed by atoms with Gasteiger partial charge in [0.25, 0.3) is 0 Å². The molecule has 0 saturated heterocycles. The summed E-state index contributed by atoms with van der Waals surface area (Å²) in [5, 5.41) is 12.0. The fraction of sp³-hybridized carbons (Fsp3) is 0.562. The number of carbonyl (C=O) groups excluding carboxylic acids is 1. The number of aryl methyl sites for hydroxylation is 2. The van der Waals surface area contributed by atoms with Gasteiger partial charge in [0.05, 0.1) is 0 Å². The van der Waals surface area contributed by atoms with Crippen LogP contribution in [0.3, 0.4) is 0 Å². The van der Waals surface area contributed by atoms with E-state index in [-0.39, 0.29) is 24.5 Å². The molecule has 4 heteroatoms. The maximum absolute atomic E-state index is 11.8. The van der Waals surface area contributed by atoms with Crippen molar-refractivity contribution in [1.82, 2.24) is 5.32 Å². The van der Waals surface area contributed by atoms with E-state index in [1.54, 1.807) is 11.8 Å². The van der Waals surface area contributed by atoms with Gasteiger partial charge in [-0.3, -0.25) is 4.79 Å². The van der Waals surface area contributed by atoms with Crippen LogP contribution in [-0.4, -0.2) is 29.4 Å². The molecule has 0 aliphatic carbocycles. The summed E-state index contributed by atoms with van der Waals surface area (Å²) in [6.07, 6.45) is 0.500. The summed E-state index contributed by atoms with van der Waals surface area (Å²) in [5.41, 5.74) is 2.57. The van der Waals surface area contributed by atoms with Crippen molar-refractivity contribution < 1.29 is 9.90 Å². The van der Waals surface area contributed by atoms with Crippen molar-refractivity contribution in [3.05, 3.63) is 29.3 Å². The summed E-state index contributed by atoms with van der Waals surface area (Å²) in [6, 6.07) is 6.39. The minimum atomic E-state index is 0.0131. The smallest absolute Gasteiger partial charge is 0.221 e. The maximum atomic E-state index is 11.8. The second-order valence-corrected chi connectivity index (χ2v) is 6.53. The zero-order valence-electron chi connectivity index (χ0n) is 12.8. The molecular formula is C16H25NO2S. The first kappa shape index (κ1) is 17.1. The first-order chi connectivity index (χ1) is 9.43. The summed E-state index contributed by atoms with van der Waals surface area (Å²) in [4.78, 5) is 13.0. The molecule has 0 aromatic heterocycles. The Morgan fingerprint density at radius 3 is 2.60 bits per heavy atom. The van der Waals surface area contributed by atoms with Gasteiger partial charge in [0, 0.05) is 29.7 Å². The number of nitrogens with one attached hydrogen (secondary N) is 1. The van der Waals surface area contributed by atoms with E-state index < -0.39 is 0 Å². The molecule has 1 rings (SSSR count). The van der Waals surface area contributed by atoms with Crippen LogP contribution >= 0.6 is 11.8 Å². The number of carbonyl (C=O) groups is 1. The third-order valence-corrected chi connectivity index (χ3v) is 4.60. The Kier molecular flexibility index (Phi) is 7.10. The van der Waals surface area contributed by atoms with Gasteiger partial charge < -0.3 is 10.4 Å². The number of thioether (sulfide) groups is 1. The summed E-state index contributed by atoms with van der Waals surface area (Å²) >= 11 is 1.70. The summed E-state index contributed by atoms with van der Waals surface area (Å²) < 4.78 is 0. The highest BCUT2D eigenvalue weighted by molar-refractivity contribution is 7.99. The van der Waals surface area contributed by atoms with Crippen molar-refractivity contribution in [3.63, 3.8) is 0 Å². The molecule has 0 fully saturated rings. The van der Waals surface area contributed by atoms with Gasteiger partial charge >= 0.3 is 0 Å². The van der Waals surface area contributed by atoms with E-state index in [2.05, 4.69) is 37.4 Å². The van der Waals surface area contributed by atoms with Crippen LogP contribution < -0.4 is 5.32 Å². The lowest BCUT2D eigenvalue weighted by molar-refractivity contribution is -0.121. The zero-order chi connectivity index (χ0) is 15.1. The minimum Gasteiger partial charge on any atom is -0.396 e. The van der Waals surface area contributed by atoms with Crippen molar-refractivity contribution in [2.24, 2.45) is 5.92 Å². The fourth-order valence-corrected chi connectivity index (χ4v) is 2.64. The van der Waals surface area contributed by atoms with E-state index >= 15 is 0 Å². The number of hydrogen-bond acceptors (Lipinski definition) is 3. The van der Waals surface area contributed by atoms with Crippen molar-refractivity contribution >= 4 is 17.7 Å².